The van der Waals surface area contributed by atoms with E-state index in [1.54, 1.807) is 42.6 Å². The second-order valence-corrected chi connectivity index (χ2v) is 8.10. The van der Waals surface area contributed by atoms with Gasteiger partial charge in [0.1, 0.15) is 11.4 Å². The molecule has 3 aromatic rings. The van der Waals surface area contributed by atoms with Gasteiger partial charge < -0.3 is 21.1 Å². The van der Waals surface area contributed by atoms with E-state index in [0.717, 1.165) is 5.69 Å². The number of hydrogen-bond donors (Lipinski definition) is 4. The number of nitrogens with one attached hydrogen (secondary N) is 3. The summed E-state index contributed by atoms with van der Waals surface area (Å²) in [6, 6.07) is 11.9. The third-order valence-corrected chi connectivity index (χ3v) is 5.61. The van der Waals surface area contributed by atoms with E-state index >= 15 is 0 Å². The Balaban J connectivity index is 1.46. The van der Waals surface area contributed by atoms with Crippen molar-refractivity contribution >= 4 is 34.9 Å². The summed E-state index contributed by atoms with van der Waals surface area (Å²) in [5.74, 6) is -1.73. The van der Waals surface area contributed by atoms with Crippen LogP contribution in [0.3, 0.4) is 0 Å². The smallest absolute Gasteiger partial charge is 0.320 e. The number of aromatic nitrogens is 2. The van der Waals surface area contributed by atoms with Gasteiger partial charge in [-0.15, -0.1) is 0 Å². The predicted molar refractivity (Wildman–Crippen MR) is 118 cm³/mol. The third kappa shape index (κ3) is 4.44. The number of benzene rings is 2. The maximum Gasteiger partial charge on any atom is 0.320 e. The number of nitrogens with zero attached hydrogens (tertiary/aromatic N) is 2. The number of anilines is 2. The summed E-state index contributed by atoms with van der Waals surface area (Å²) >= 11 is 5.84. The van der Waals surface area contributed by atoms with Crippen LogP contribution in [0.2, 0.25) is 5.02 Å². The summed E-state index contributed by atoms with van der Waals surface area (Å²) in [4.78, 5) is 25.4. The molecule has 4 N–H and O–H groups in total. The first kappa shape index (κ1) is 21.8. The van der Waals surface area contributed by atoms with Gasteiger partial charge in [0, 0.05) is 35.5 Å². The van der Waals surface area contributed by atoms with Crippen molar-refractivity contribution in [2.45, 2.75) is 18.9 Å². The standard InChI is InChI=1S/C22H21ClFN5O3/c1-13-8-9-29(28-13)17-6-7-19(18(24)10-17)26-20(31)22(11-14(22)12-30)27-21(32)25-16-4-2-15(23)3-5-16/h2-10,14,30H,11-12H2,1H3,(H,26,31)(H2,25,27,32)/t14-,22+/m1/s1. The molecule has 0 spiro atoms. The zero-order chi connectivity index (χ0) is 22.9. The lowest BCUT2D eigenvalue weighted by Crippen LogP contribution is -2.49. The number of aliphatic hydroxyl groups excluding tert-OH is 1. The fourth-order valence-corrected chi connectivity index (χ4v) is 3.60. The average molecular weight is 458 g/mol. The fourth-order valence-electron chi connectivity index (χ4n) is 3.48. The molecule has 0 bridgehead atoms. The van der Waals surface area contributed by atoms with E-state index in [-0.39, 0.29) is 18.7 Å². The average Bonchev–Trinajstić information content (AvgIpc) is 3.31. The molecule has 166 valence electrons. The maximum atomic E-state index is 14.7. The van der Waals surface area contributed by atoms with Crippen molar-refractivity contribution < 1.29 is 19.1 Å². The van der Waals surface area contributed by atoms with E-state index in [0.29, 0.717) is 16.4 Å². The number of carbonyl (C=O) groups excluding carboxylic acids is 2. The molecule has 4 rings (SSSR count). The van der Waals surface area contributed by atoms with Crippen molar-refractivity contribution in [2.75, 3.05) is 17.2 Å². The molecule has 3 amide bonds. The molecule has 0 aliphatic heterocycles. The van der Waals surface area contributed by atoms with Gasteiger partial charge in [0.25, 0.3) is 5.91 Å². The van der Waals surface area contributed by atoms with Crippen LogP contribution in [0.1, 0.15) is 12.1 Å². The summed E-state index contributed by atoms with van der Waals surface area (Å²) in [7, 11) is 0. The third-order valence-electron chi connectivity index (χ3n) is 5.36. The number of amides is 3. The van der Waals surface area contributed by atoms with Crippen LogP contribution >= 0.6 is 11.6 Å². The Morgan fingerprint density at radius 2 is 1.97 bits per heavy atom. The van der Waals surface area contributed by atoms with Crippen LogP contribution in [0.5, 0.6) is 0 Å². The van der Waals surface area contributed by atoms with Crippen LogP contribution in [0.25, 0.3) is 5.69 Å². The van der Waals surface area contributed by atoms with Crippen molar-refractivity contribution in [1.29, 1.82) is 0 Å². The van der Waals surface area contributed by atoms with E-state index in [4.69, 9.17) is 11.6 Å². The lowest BCUT2D eigenvalue weighted by molar-refractivity contribution is -0.119. The number of rotatable bonds is 6. The van der Waals surface area contributed by atoms with Crippen molar-refractivity contribution in [3.63, 3.8) is 0 Å². The van der Waals surface area contributed by atoms with Gasteiger partial charge in [-0.25, -0.2) is 13.9 Å². The Hall–Kier alpha value is -3.43. The second-order valence-electron chi connectivity index (χ2n) is 7.66. The minimum absolute atomic E-state index is 0.0366. The highest BCUT2D eigenvalue weighted by molar-refractivity contribution is 6.30. The van der Waals surface area contributed by atoms with Gasteiger partial charge in [-0.3, -0.25) is 4.79 Å². The SMILES string of the molecule is Cc1ccn(-c2ccc(NC(=O)[C@]3(NC(=O)Nc4ccc(Cl)cc4)C[C@@H]3CO)c(F)c2)n1. The van der Waals surface area contributed by atoms with Crippen LogP contribution in [-0.2, 0) is 4.79 Å². The largest absolute Gasteiger partial charge is 0.396 e. The Kier molecular flexibility index (Phi) is 5.86. The highest BCUT2D eigenvalue weighted by Gasteiger charge is 2.61. The van der Waals surface area contributed by atoms with Gasteiger partial charge in [0.15, 0.2) is 0 Å². The predicted octanol–water partition coefficient (Wildman–Crippen LogP) is 3.48. The van der Waals surface area contributed by atoms with E-state index in [2.05, 4.69) is 21.0 Å². The van der Waals surface area contributed by atoms with Crippen LogP contribution in [0.4, 0.5) is 20.6 Å². The molecule has 2 aromatic carbocycles. The minimum atomic E-state index is -1.34. The fraction of sp³-hybridized carbons (Fsp3) is 0.227. The normalized spacial score (nSPS) is 19.3. The molecular formula is C22H21ClFN5O3. The van der Waals surface area contributed by atoms with Crippen LogP contribution in [0.15, 0.2) is 54.7 Å². The molecule has 1 heterocycles. The Morgan fingerprint density at radius 3 is 2.56 bits per heavy atom. The number of halogens is 2. The molecule has 0 saturated heterocycles. The molecule has 1 fully saturated rings. The van der Waals surface area contributed by atoms with Crippen LogP contribution in [0, 0.1) is 18.7 Å². The zero-order valence-corrected chi connectivity index (χ0v) is 17.9. The molecule has 10 heteroatoms. The van der Waals surface area contributed by atoms with E-state index < -0.39 is 29.2 Å². The molecule has 1 aromatic heterocycles. The first-order chi connectivity index (χ1) is 15.3. The van der Waals surface area contributed by atoms with Crippen LogP contribution in [-0.4, -0.2) is 39.0 Å². The monoisotopic (exact) mass is 457 g/mol. The Labute approximate surface area is 188 Å². The van der Waals surface area contributed by atoms with Gasteiger partial charge in [0.05, 0.1) is 17.1 Å². The van der Waals surface area contributed by atoms with Crippen molar-refractivity contribution in [3.8, 4) is 5.69 Å². The molecule has 1 saturated carbocycles. The quantitative estimate of drug-likeness (QED) is 0.454. The molecule has 2 atom stereocenters. The van der Waals surface area contributed by atoms with Gasteiger partial charge in [-0.1, -0.05) is 11.6 Å². The number of urea groups is 1. The molecule has 8 nitrogen and oxygen atoms in total. The number of carbonyl (C=O) groups is 2. The number of aliphatic hydroxyl groups is 1. The molecule has 0 radical (unpaired) electrons. The Morgan fingerprint density at radius 1 is 1.22 bits per heavy atom. The Bertz CT molecular complexity index is 1170. The van der Waals surface area contributed by atoms with E-state index in [1.165, 1.54) is 16.8 Å². The molecular weight excluding hydrogens is 437 g/mol. The number of hydrogen-bond acceptors (Lipinski definition) is 4. The zero-order valence-electron chi connectivity index (χ0n) is 17.1. The summed E-state index contributed by atoms with van der Waals surface area (Å²) < 4.78 is 16.2. The highest BCUT2D eigenvalue weighted by atomic mass is 35.5. The summed E-state index contributed by atoms with van der Waals surface area (Å²) in [5, 5.41) is 22.1. The molecule has 32 heavy (non-hydrogen) atoms. The molecule has 1 aliphatic rings. The van der Waals surface area contributed by atoms with Gasteiger partial charge in [-0.2, -0.15) is 5.10 Å². The van der Waals surface area contributed by atoms with Crippen molar-refractivity contribution in [2.24, 2.45) is 5.92 Å². The van der Waals surface area contributed by atoms with Gasteiger partial charge >= 0.3 is 6.03 Å². The van der Waals surface area contributed by atoms with Gasteiger partial charge in [-0.05, 0) is 55.8 Å². The second kappa shape index (κ2) is 8.60. The topological polar surface area (TPSA) is 108 Å². The molecule has 0 unspecified atom stereocenters. The first-order valence-corrected chi connectivity index (χ1v) is 10.3. The summed E-state index contributed by atoms with van der Waals surface area (Å²) in [5.41, 5.74) is 0.402. The lowest BCUT2D eigenvalue weighted by Gasteiger charge is -2.20. The van der Waals surface area contributed by atoms with Gasteiger partial charge in [0.2, 0.25) is 0 Å². The minimum Gasteiger partial charge on any atom is -0.396 e. The molecule has 1 aliphatic carbocycles. The van der Waals surface area contributed by atoms with Crippen molar-refractivity contribution in [3.05, 3.63) is 71.3 Å². The van der Waals surface area contributed by atoms with Crippen LogP contribution < -0.4 is 16.0 Å². The maximum absolute atomic E-state index is 14.7. The summed E-state index contributed by atoms with van der Waals surface area (Å²) in [6.45, 7) is 1.53. The summed E-state index contributed by atoms with van der Waals surface area (Å²) in [6.07, 6.45) is 1.94. The van der Waals surface area contributed by atoms with E-state index in [1.807, 2.05) is 6.92 Å². The van der Waals surface area contributed by atoms with Crippen molar-refractivity contribution in [1.82, 2.24) is 15.1 Å². The van der Waals surface area contributed by atoms with E-state index in [9.17, 15) is 19.1 Å². The first-order valence-electron chi connectivity index (χ1n) is 9.90. The number of aryl methyl sites for hydroxylation is 1. The lowest BCUT2D eigenvalue weighted by atomic mass is 10.1. The highest BCUT2D eigenvalue weighted by Crippen LogP contribution is 2.44.